The predicted molar refractivity (Wildman–Crippen MR) is 66.7 cm³/mol. The van der Waals surface area contributed by atoms with Crippen LogP contribution in [-0.2, 0) is 6.54 Å². The minimum absolute atomic E-state index is 0.650. The molecule has 0 unspecified atom stereocenters. The van der Waals surface area contributed by atoms with Crippen LogP contribution in [0, 0.1) is 12.3 Å². The standard InChI is InChI=1S/C12H19N3S/c1-10-6-14-11(16-10)7-15-8-12(9-15)2-4-13-5-3-12/h6,13H,2-5,7-9H2,1H3. The van der Waals surface area contributed by atoms with Gasteiger partial charge in [-0.05, 0) is 38.3 Å². The Hall–Kier alpha value is -0.450. The van der Waals surface area contributed by atoms with E-state index in [1.807, 2.05) is 17.5 Å². The number of hydrogen-bond donors (Lipinski definition) is 1. The molecule has 1 aromatic rings. The Morgan fingerprint density at radius 3 is 2.81 bits per heavy atom. The molecule has 2 aliphatic heterocycles. The minimum atomic E-state index is 0.650. The number of rotatable bonds is 2. The van der Waals surface area contributed by atoms with Crippen LogP contribution in [0.5, 0.6) is 0 Å². The smallest absolute Gasteiger partial charge is 0.107 e. The molecule has 4 heteroatoms. The molecule has 3 rings (SSSR count). The van der Waals surface area contributed by atoms with Gasteiger partial charge >= 0.3 is 0 Å². The van der Waals surface area contributed by atoms with Crippen LogP contribution in [0.4, 0.5) is 0 Å². The molecule has 88 valence electrons. The second-order valence-electron chi connectivity index (χ2n) is 5.26. The van der Waals surface area contributed by atoms with Crippen LogP contribution in [0.25, 0.3) is 0 Å². The van der Waals surface area contributed by atoms with Gasteiger partial charge in [0, 0.05) is 24.2 Å². The van der Waals surface area contributed by atoms with Crippen molar-refractivity contribution in [3.63, 3.8) is 0 Å². The Kier molecular flexibility index (Phi) is 2.73. The quantitative estimate of drug-likeness (QED) is 0.847. The first-order valence-corrected chi connectivity index (χ1v) is 6.92. The number of nitrogens with zero attached hydrogens (tertiary/aromatic N) is 2. The van der Waals surface area contributed by atoms with Gasteiger partial charge in [0.1, 0.15) is 5.01 Å². The van der Waals surface area contributed by atoms with Gasteiger partial charge in [-0.2, -0.15) is 0 Å². The van der Waals surface area contributed by atoms with Crippen LogP contribution in [0.15, 0.2) is 6.20 Å². The van der Waals surface area contributed by atoms with Crippen LogP contribution in [0.3, 0.4) is 0 Å². The Balaban J connectivity index is 1.53. The number of nitrogens with one attached hydrogen (secondary N) is 1. The number of hydrogen-bond acceptors (Lipinski definition) is 4. The zero-order chi connectivity index (χ0) is 11.0. The maximum Gasteiger partial charge on any atom is 0.107 e. The van der Waals surface area contributed by atoms with Gasteiger partial charge in [0.15, 0.2) is 0 Å². The van der Waals surface area contributed by atoms with E-state index >= 15 is 0 Å². The van der Waals surface area contributed by atoms with Crippen molar-refractivity contribution in [2.45, 2.75) is 26.3 Å². The maximum atomic E-state index is 4.44. The second-order valence-corrected chi connectivity index (χ2v) is 6.58. The van der Waals surface area contributed by atoms with Gasteiger partial charge in [0.2, 0.25) is 0 Å². The molecule has 0 atom stereocenters. The van der Waals surface area contributed by atoms with E-state index in [1.165, 1.54) is 48.9 Å². The molecule has 0 amide bonds. The Morgan fingerprint density at radius 1 is 1.44 bits per heavy atom. The average Bonchev–Trinajstić information content (AvgIpc) is 2.63. The molecule has 2 fully saturated rings. The summed E-state index contributed by atoms with van der Waals surface area (Å²) in [5.41, 5.74) is 0.650. The number of thiazole rings is 1. The summed E-state index contributed by atoms with van der Waals surface area (Å²) in [5, 5.41) is 4.73. The summed E-state index contributed by atoms with van der Waals surface area (Å²) in [6, 6.07) is 0. The van der Waals surface area contributed by atoms with E-state index in [-0.39, 0.29) is 0 Å². The van der Waals surface area contributed by atoms with Crippen molar-refractivity contribution in [2.75, 3.05) is 26.2 Å². The predicted octanol–water partition coefficient (Wildman–Crippen LogP) is 1.64. The highest BCUT2D eigenvalue weighted by molar-refractivity contribution is 7.11. The van der Waals surface area contributed by atoms with Gasteiger partial charge in [-0.15, -0.1) is 11.3 Å². The van der Waals surface area contributed by atoms with Crippen LogP contribution < -0.4 is 5.32 Å². The van der Waals surface area contributed by atoms with Crippen molar-refractivity contribution < 1.29 is 0 Å². The summed E-state index contributed by atoms with van der Waals surface area (Å²) < 4.78 is 0. The van der Waals surface area contributed by atoms with Crippen molar-refractivity contribution in [1.29, 1.82) is 0 Å². The van der Waals surface area contributed by atoms with E-state index in [0.29, 0.717) is 5.41 Å². The van der Waals surface area contributed by atoms with Gasteiger partial charge in [0.25, 0.3) is 0 Å². The highest BCUT2D eigenvalue weighted by atomic mass is 32.1. The van der Waals surface area contributed by atoms with Crippen LogP contribution in [-0.4, -0.2) is 36.1 Å². The highest BCUT2D eigenvalue weighted by Gasteiger charge is 2.43. The topological polar surface area (TPSA) is 28.2 Å². The van der Waals surface area contributed by atoms with Crippen LogP contribution in [0.1, 0.15) is 22.7 Å². The van der Waals surface area contributed by atoms with E-state index in [2.05, 4.69) is 22.1 Å². The van der Waals surface area contributed by atoms with Crippen molar-refractivity contribution in [3.8, 4) is 0 Å². The Bertz CT molecular complexity index is 360. The lowest BCUT2D eigenvalue weighted by molar-refractivity contribution is -0.0282. The number of aromatic nitrogens is 1. The molecule has 3 nitrogen and oxygen atoms in total. The van der Waals surface area contributed by atoms with E-state index in [0.717, 1.165) is 6.54 Å². The van der Waals surface area contributed by atoms with Crippen LogP contribution in [0.2, 0.25) is 0 Å². The van der Waals surface area contributed by atoms with E-state index < -0.39 is 0 Å². The fourth-order valence-corrected chi connectivity index (χ4v) is 3.78. The molecule has 16 heavy (non-hydrogen) atoms. The van der Waals surface area contributed by atoms with E-state index in [1.54, 1.807) is 0 Å². The lowest BCUT2D eigenvalue weighted by Crippen LogP contribution is -2.59. The van der Waals surface area contributed by atoms with E-state index in [4.69, 9.17) is 0 Å². The molecule has 3 heterocycles. The highest BCUT2D eigenvalue weighted by Crippen LogP contribution is 2.39. The molecule has 1 N–H and O–H groups in total. The molecule has 1 spiro atoms. The largest absolute Gasteiger partial charge is 0.317 e. The number of piperidine rings is 1. The molecular weight excluding hydrogens is 218 g/mol. The van der Waals surface area contributed by atoms with Crippen LogP contribution >= 0.6 is 11.3 Å². The SMILES string of the molecule is Cc1cnc(CN2CC3(CCNCC3)C2)s1. The molecule has 2 aliphatic rings. The Morgan fingerprint density at radius 2 is 2.19 bits per heavy atom. The van der Waals surface area contributed by atoms with Gasteiger partial charge < -0.3 is 5.32 Å². The van der Waals surface area contributed by atoms with Gasteiger partial charge in [-0.25, -0.2) is 4.98 Å². The first-order valence-electron chi connectivity index (χ1n) is 6.10. The second kappa shape index (κ2) is 4.09. The molecule has 0 saturated carbocycles. The lowest BCUT2D eigenvalue weighted by Gasteiger charge is -2.52. The fraction of sp³-hybridized carbons (Fsp3) is 0.750. The summed E-state index contributed by atoms with van der Waals surface area (Å²) in [6.45, 7) is 8.19. The zero-order valence-electron chi connectivity index (χ0n) is 9.83. The zero-order valence-corrected chi connectivity index (χ0v) is 10.6. The lowest BCUT2D eigenvalue weighted by atomic mass is 9.72. The monoisotopic (exact) mass is 237 g/mol. The summed E-state index contributed by atoms with van der Waals surface area (Å²) in [7, 11) is 0. The average molecular weight is 237 g/mol. The third kappa shape index (κ3) is 2.01. The van der Waals surface area contributed by atoms with Gasteiger partial charge in [0.05, 0.1) is 6.54 Å². The molecular formula is C12H19N3S. The minimum Gasteiger partial charge on any atom is -0.317 e. The third-order valence-electron chi connectivity index (χ3n) is 3.81. The van der Waals surface area contributed by atoms with Gasteiger partial charge in [-0.1, -0.05) is 0 Å². The number of likely N-dealkylation sites (tertiary alicyclic amines) is 1. The third-order valence-corrected chi connectivity index (χ3v) is 4.71. The Labute approximate surface area is 101 Å². The maximum absolute atomic E-state index is 4.44. The molecule has 0 aliphatic carbocycles. The summed E-state index contributed by atoms with van der Waals surface area (Å²) in [6.07, 6.45) is 4.71. The van der Waals surface area contributed by atoms with E-state index in [9.17, 15) is 0 Å². The fourth-order valence-electron chi connectivity index (χ4n) is 2.95. The molecule has 2 saturated heterocycles. The molecule has 0 aromatic carbocycles. The molecule has 0 radical (unpaired) electrons. The molecule has 1 aromatic heterocycles. The van der Waals surface area contributed by atoms with Crippen molar-refractivity contribution >= 4 is 11.3 Å². The normalized spacial score (nSPS) is 24.6. The van der Waals surface area contributed by atoms with Crippen molar-refractivity contribution in [2.24, 2.45) is 5.41 Å². The molecule has 0 bridgehead atoms. The van der Waals surface area contributed by atoms with Crippen molar-refractivity contribution in [1.82, 2.24) is 15.2 Å². The first kappa shape index (κ1) is 10.7. The van der Waals surface area contributed by atoms with Crippen molar-refractivity contribution in [3.05, 3.63) is 16.1 Å². The number of aryl methyl sites for hydroxylation is 1. The summed E-state index contributed by atoms with van der Waals surface area (Å²) in [5.74, 6) is 0. The van der Waals surface area contributed by atoms with Gasteiger partial charge in [-0.3, -0.25) is 4.90 Å². The first-order chi connectivity index (χ1) is 7.76. The summed E-state index contributed by atoms with van der Waals surface area (Å²) >= 11 is 1.84. The summed E-state index contributed by atoms with van der Waals surface area (Å²) in [4.78, 5) is 8.31.